The van der Waals surface area contributed by atoms with E-state index in [0.29, 0.717) is 5.88 Å². The second kappa shape index (κ2) is 5.88. The van der Waals surface area contributed by atoms with E-state index in [1.54, 1.807) is 0 Å². The molecule has 0 saturated carbocycles. The van der Waals surface area contributed by atoms with Crippen molar-refractivity contribution >= 4 is 11.6 Å². The first-order valence-electron chi connectivity index (χ1n) is 6.24. The van der Waals surface area contributed by atoms with Crippen molar-refractivity contribution in [2.24, 2.45) is 0 Å². The summed E-state index contributed by atoms with van der Waals surface area (Å²) in [5, 5.41) is 3.40. The minimum Gasteiger partial charge on any atom is -0.315 e. The zero-order valence-corrected chi connectivity index (χ0v) is 12.4. The first-order chi connectivity index (χ1) is 7.90. The monoisotopic (exact) mass is 253 g/mol. The summed E-state index contributed by atoms with van der Waals surface area (Å²) in [4.78, 5) is 0. The molecule has 0 atom stereocenters. The largest absolute Gasteiger partial charge is 0.315 e. The fraction of sp³-hybridized carbons (Fsp3) is 0.600. The molecule has 2 heteroatoms. The summed E-state index contributed by atoms with van der Waals surface area (Å²) in [7, 11) is 0. The van der Waals surface area contributed by atoms with E-state index in [9.17, 15) is 0 Å². The predicted molar refractivity (Wildman–Crippen MR) is 77.3 cm³/mol. The molecule has 1 nitrogen and oxygen atoms in total. The molecule has 1 rings (SSSR count). The number of halogens is 1. The van der Waals surface area contributed by atoms with E-state index in [2.05, 4.69) is 52.1 Å². The Hall–Kier alpha value is -0.530. The lowest BCUT2D eigenvalue weighted by Crippen LogP contribution is -2.34. The van der Waals surface area contributed by atoms with Crippen molar-refractivity contribution in [3.63, 3.8) is 0 Å². The third-order valence-electron chi connectivity index (χ3n) is 3.63. The van der Waals surface area contributed by atoms with E-state index in [1.165, 1.54) is 22.3 Å². The molecule has 0 amide bonds. The molecular weight excluding hydrogens is 230 g/mol. The van der Waals surface area contributed by atoms with Crippen LogP contribution < -0.4 is 5.32 Å². The molecule has 1 N–H and O–H groups in total. The van der Waals surface area contributed by atoms with Crippen LogP contribution in [-0.2, 0) is 5.41 Å². The van der Waals surface area contributed by atoms with Gasteiger partial charge >= 0.3 is 0 Å². The van der Waals surface area contributed by atoms with E-state index in [-0.39, 0.29) is 5.41 Å². The van der Waals surface area contributed by atoms with Crippen LogP contribution in [0.3, 0.4) is 0 Å². The Labute approximate surface area is 111 Å². The van der Waals surface area contributed by atoms with Crippen LogP contribution in [0.5, 0.6) is 0 Å². The minimum absolute atomic E-state index is 0.147. The maximum atomic E-state index is 5.69. The molecule has 0 saturated heterocycles. The smallest absolute Gasteiger partial charge is 0.0348 e. The predicted octanol–water partition coefficient (Wildman–Crippen LogP) is 3.72. The number of hydrogen-bond donors (Lipinski definition) is 1. The van der Waals surface area contributed by atoms with Gasteiger partial charge in [0.15, 0.2) is 0 Å². The molecular formula is C15H24ClN. The van der Waals surface area contributed by atoms with Gasteiger partial charge in [-0.1, -0.05) is 26.0 Å². The summed E-state index contributed by atoms with van der Waals surface area (Å²) in [5.41, 5.74) is 5.78. The van der Waals surface area contributed by atoms with Gasteiger partial charge < -0.3 is 5.32 Å². The van der Waals surface area contributed by atoms with Gasteiger partial charge in [-0.2, -0.15) is 0 Å². The fourth-order valence-electron chi connectivity index (χ4n) is 2.25. The summed E-state index contributed by atoms with van der Waals surface area (Å²) in [6, 6.07) is 4.49. The summed E-state index contributed by atoms with van der Waals surface area (Å²) >= 11 is 5.69. The maximum Gasteiger partial charge on any atom is 0.0348 e. The second-order valence-electron chi connectivity index (χ2n) is 5.43. The lowest BCUT2D eigenvalue weighted by Gasteiger charge is -2.28. The highest BCUT2D eigenvalue weighted by atomic mass is 35.5. The normalized spacial score (nSPS) is 11.9. The van der Waals surface area contributed by atoms with E-state index in [4.69, 9.17) is 11.6 Å². The highest BCUT2D eigenvalue weighted by Gasteiger charge is 2.22. The van der Waals surface area contributed by atoms with Crippen molar-refractivity contribution in [3.05, 3.63) is 34.4 Å². The Morgan fingerprint density at radius 3 is 2.35 bits per heavy atom. The first-order valence-corrected chi connectivity index (χ1v) is 6.77. The van der Waals surface area contributed by atoms with Crippen molar-refractivity contribution in [3.8, 4) is 0 Å². The quantitative estimate of drug-likeness (QED) is 0.623. The van der Waals surface area contributed by atoms with Gasteiger partial charge in [0.1, 0.15) is 0 Å². The van der Waals surface area contributed by atoms with Gasteiger partial charge in [0.05, 0.1) is 0 Å². The number of benzene rings is 1. The van der Waals surface area contributed by atoms with Gasteiger partial charge in [-0.3, -0.25) is 0 Å². The van der Waals surface area contributed by atoms with Crippen LogP contribution in [0.4, 0.5) is 0 Å². The molecule has 0 heterocycles. The van der Waals surface area contributed by atoms with E-state index in [1.807, 2.05) is 0 Å². The standard InChI is InChI=1S/C15H24ClN/c1-11-6-7-14(13(3)12(11)2)15(4,5)10-17-9-8-16/h6-7,17H,8-10H2,1-5H3. The molecule has 96 valence electrons. The van der Waals surface area contributed by atoms with E-state index >= 15 is 0 Å². The fourth-order valence-corrected chi connectivity index (χ4v) is 2.39. The summed E-state index contributed by atoms with van der Waals surface area (Å²) < 4.78 is 0. The van der Waals surface area contributed by atoms with Crippen LogP contribution in [0.2, 0.25) is 0 Å². The topological polar surface area (TPSA) is 12.0 Å². The van der Waals surface area contributed by atoms with Crippen molar-refractivity contribution in [1.82, 2.24) is 5.32 Å². The number of alkyl halides is 1. The SMILES string of the molecule is Cc1ccc(C(C)(C)CNCCCl)c(C)c1C. The Morgan fingerprint density at radius 1 is 1.12 bits per heavy atom. The van der Waals surface area contributed by atoms with Crippen LogP contribution in [0.1, 0.15) is 36.1 Å². The van der Waals surface area contributed by atoms with Gasteiger partial charge in [-0.25, -0.2) is 0 Å². The van der Waals surface area contributed by atoms with Gasteiger partial charge in [-0.15, -0.1) is 11.6 Å². The molecule has 0 spiro atoms. The molecule has 0 fully saturated rings. The van der Waals surface area contributed by atoms with Gasteiger partial charge in [0.25, 0.3) is 0 Å². The van der Waals surface area contributed by atoms with Gasteiger partial charge in [0, 0.05) is 24.4 Å². The molecule has 0 aliphatic carbocycles. The summed E-state index contributed by atoms with van der Waals surface area (Å²) in [5.74, 6) is 0.669. The number of hydrogen-bond acceptors (Lipinski definition) is 1. The average Bonchev–Trinajstić information content (AvgIpc) is 2.26. The van der Waals surface area contributed by atoms with Crippen molar-refractivity contribution in [2.75, 3.05) is 19.0 Å². The zero-order chi connectivity index (χ0) is 13.1. The zero-order valence-electron chi connectivity index (χ0n) is 11.7. The third kappa shape index (κ3) is 3.46. The van der Waals surface area contributed by atoms with Crippen LogP contribution in [-0.4, -0.2) is 19.0 Å². The highest BCUT2D eigenvalue weighted by molar-refractivity contribution is 6.18. The first kappa shape index (κ1) is 14.5. The Balaban J connectivity index is 2.94. The number of aryl methyl sites for hydroxylation is 1. The molecule has 0 radical (unpaired) electrons. The van der Waals surface area contributed by atoms with E-state index in [0.717, 1.165) is 13.1 Å². The van der Waals surface area contributed by atoms with Crippen molar-refractivity contribution in [2.45, 2.75) is 40.0 Å². The Bertz CT molecular complexity index is 383. The lowest BCUT2D eigenvalue weighted by atomic mass is 9.80. The molecule has 1 aromatic rings. The molecule has 0 aliphatic heterocycles. The van der Waals surface area contributed by atoms with Gasteiger partial charge in [0.2, 0.25) is 0 Å². The Kier molecular flexibility index (Phi) is 5.03. The summed E-state index contributed by atoms with van der Waals surface area (Å²) in [6.07, 6.45) is 0. The van der Waals surface area contributed by atoms with Crippen LogP contribution in [0.25, 0.3) is 0 Å². The second-order valence-corrected chi connectivity index (χ2v) is 5.81. The molecule has 1 aromatic carbocycles. The third-order valence-corrected chi connectivity index (χ3v) is 3.81. The minimum atomic E-state index is 0.147. The molecule has 0 aromatic heterocycles. The molecule has 0 unspecified atom stereocenters. The molecule has 17 heavy (non-hydrogen) atoms. The van der Waals surface area contributed by atoms with Crippen LogP contribution >= 0.6 is 11.6 Å². The Morgan fingerprint density at radius 2 is 1.76 bits per heavy atom. The lowest BCUT2D eigenvalue weighted by molar-refractivity contribution is 0.475. The average molecular weight is 254 g/mol. The number of nitrogens with one attached hydrogen (secondary N) is 1. The van der Waals surface area contributed by atoms with Crippen LogP contribution in [0, 0.1) is 20.8 Å². The molecule has 0 bridgehead atoms. The van der Waals surface area contributed by atoms with Crippen LogP contribution in [0.15, 0.2) is 12.1 Å². The maximum absolute atomic E-state index is 5.69. The molecule has 0 aliphatic rings. The number of rotatable bonds is 5. The van der Waals surface area contributed by atoms with E-state index < -0.39 is 0 Å². The van der Waals surface area contributed by atoms with Crippen molar-refractivity contribution in [1.29, 1.82) is 0 Å². The summed E-state index contributed by atoms with van der Waals surface area (Å²) in [6.45, 7) is 13.0. The highest BCUT2D eigenvalue weighted by Crippen LogP contribution is 2.28. The van der Waals surface area contributed by atoms with Gasteiger partial charge in [-0.05, 0) is 43.0 Å². The van der Waals surface area contributed by atoms with Crippen molar-refractivity contribution < 1.29 is 0 Å².